The molecule has 2 saturated heterocycles. The van der Waals surface area contributed by atoms with Crippen LogP contribution >= 0.6 is 0 Å². The molecule has 1 amide bonds. The molecule has 0 radical (unpaired) electrons. The van der Waals surface area contributed by atoms with Gasteiger partial charge in [0.1, 0.15) is 5.75 Å². The van der Waals surface area contributed by atoms with E-state index in [-0.39, 0.29) is 18.3 Å². The van der Waals surface area contributed by atoms with E-state index in [9.17, 15) is 19.5 Å². The number of aryl methyl sites for hydroxylation is 1. The van der Waals surface area contributed by atoms with E-state index in [1.165, 1.54) is 26.2 Å². The highest BCUT2D eigenvalue weighted by molar-refractivity contribution is 5.89. The van der Waals surface area contributed by atoms with Crippen LogP contribution in [0.15, 0.2) is 29.1 Å². The molecule has 0 bridgehead atoms. The van der Waals surface area contributed by atoms with Crippen molar-refractivity contribution in [2.24, 2.45) is 0 Å². The number of rotatable bonds is 4. The van der Waals surface area contributed by atoms with E-state index in [1.54, 1.807) is 21.6 Å². The van der Waals surface area contributed by atoms with Crippen LogP contribution in [-0.2, 0) is 33.8 Å². The Bertz CT molecular complexity index is 1690. The average Bonchev–Trinajstić information content (AvgIpc) is 3.40. The smallest absolute Gasteiger partial charge is 0.415 e. The number of amides is 1. The summed E-state index contributed by atoms with van der Waals surface area (Å²) >= 11 is 0. The van der Waals surface area contributed by atoms with Gasteiger partial charge in [0.2, 0.25) is 0 Å². The predicted octanol–water partition coefficient (Wildman–Crippen LogP) is 3.89. The fraction of sp³-hybridized carbons (Fsp3) is 0.515. The molecule has 1 aromatic carbocycles. The highest BCUT2D eigenvalue weighted by Crippen LogP contribution is 2.40. The third kappa shape index (κ3) is 5.06. The number of likely N-dealkylation sites (tertiary alicyclic amines) is 2. The summed E-state index contributed by atoms with van der Waals surface area (Å²) < 4.78 is 18.2. The minimum atomic E-state index is -1.37. The number of hydrogen-bond acceptors (Lipinski definition) is 9. The highest BCUT2D eigenvalue weighted by atomic mass is 16.6. The molecule has 2 atom stereocenters. The molecule has 7 rings (SSSR count). The summed E-state index contributed by atoms with van der Waals surface area (Å²) in [5, 5.41) is 11.3. The van der Waals surface area contributed by atoms with Crippen molar-refractivity contribution >= 4 is 23.0 Å². The molecule has 0 saturated carbocycles. The van der Waals surface area contributed by atoms with Gasteiger partial charge in [-0.3, -0.25) is 9.59 Å². The molecule has 1 N–H and O–H groups in total. The molecule has 11 heteroatoms. The summed E-state index contributed by atoms with van der Waals surface area (Å²) in [6.45, 7) is 7.28. The Morgan fingerprint density at radius 3 is 2.57 bits per heavy atom. The first-order chi connectivity index (χ1) is 21.3. The first-order valence-electron chi connectivity index (χ1n) is 15.7. The van der Waals surface area contributed by atoms with Crippen molar-refractivity contribution in [2.75, 3.05) is 26.2 Å². The quantitative estimate of drug-likeness (QED) is 0.347. The summed E-state index contributed by atoms with van der Waals surface area (Å²) in [5.74, 6) is -0.113. The first-order valence-corrected chi connectivity index (χ1v) is 15.7. The Morgan fingerprint density at radius 1 is 1.07 bits per heavy atom. The van der Waals surface area contributed by atoms with Gasteiger partial charge in [-0.25, -0.2) is 9.78 Å². The van der Waals surface area contributed by atoms with E-state index in [2.05, 4.69) is 11.8 Å². The van der Waals surface area contributed by atoms with Gasteiger partial charge in [0, 0.05) is 42.6 Å². The van der Waals surface area contributed by atoms with Gasteiger partial charge in [-0.1, -0.05) is 13.3 Å². The Morgan fingerprint density at radius 2 is 1.84 bits per heavy atom. The lowest BCUT2D eigenvalue weighted by molar-refractivity contribution is -0.202. The van der Waals surface area contributed by atoms with Crippen LogP contribution in [0.2, 0.25) is 0 Å². The number of hydrogen-bond donors (Lipinski definition) is 1. The SMILES string of the molecule is CCc1c2c(nc3ccc(OC(=O)N4CCC(N5CCCCC5)CC4)cc13)-c1cc3c(c(=O)n1C2)COC(O)C3OC(C)=O. The van der Waals surface area contributed by atoms with Crippen molar-refractivity contribution in [1.29, 1.82) is 0 Å². The number of carbonyl (C=O) groups is 2. The zero-order valence-electron chi connectivity index (χ0n) is 25.2. The molecule has 3 aromatic rings. The maximum atomic E-state index is 13.6. The van der Waals surface area contributed by atoms with E-state index in [4.69, 9.17) is 19.2 Å². The van der Waals surface area contributed by atoms with Crippen LogP contribution in [0.1, 0.15) is 74.3 Å². The van der Waals surface area contributed by atoms with Gasteiger partial charge in [0.25, 0.3) is 5.56 Å². The van der Waals surface area contributed by atoms with Crippen LogP contribution in [0.3, 0.4) is 0 Å². The zero-order valence-corrected chi connectivity index (χ0v) is 25.2. The summed E-state index contributed by atoms with van der Waals surface area (Å²) in [5.41, 5.74) is 4.49. The molecule has 44 heavy (non-hydrogen) atoms. The third-order valence-corrected chi connectivity index (χ3v) is 9.61. The van der Waals surface area contributed by atoms with Crippen molar-refractivity contribution in [1.82, 2.24) is 19.4 Å². The fourth-order valence-corrected chi connectivity index (χ4v) is 7.39. The minimum absolute atomic E-state index is 0.0789. The van der Waals surface area contributed by atoms with E-state index < -0.39 is 18.4 Å². The molecule has 2 aromatic heterocycles. The summed E-state index contributed by atoms with van der Waals surface area (Å²) in [6, 6.07) is 7.81. The Labute approximate surface area is 255 Å². The summed E-state index contributed by atoms with van der Waals surface area (Å²) in [4.78, 5) is 47.8. The van der Waals surface area contributed by atoms with Crippen LogP contribution in [0.25, 0.3) is 22.3 Å². The molecule has 232 valence electrons. The van der Waals surface area contributed by atoms with Gasteiger partial charge in [0.05, 0.1) is 35.6 Å². The second-order valence-corrected chi connectivity index (χ2v) is 12.2. The Kier molecular flexibility index (Phi) is 7.63. The number of fused-ring (bicyclic) bond motifs is 5. The van der Waals surface area contributed by atoms with E-state index in [0.717, 1.165) is 48.0 Å². The van der Waals surface area contributed by atoms with Crippen LogP contribution in [0, 0.1) is 0 Å². The van der Waals surface area contributed by atoms with Crippen molar-refractivity contribution < 1.29 is 28.9 Å². The summed E-state index contributed by atoms with van der Waals surface area (Å²) in [7, 11) is 0. The lowest BCUT2D eigenvalue weighted by Gasteiger charge is -2.39. The molecule has 2 unspecified atom stereocenters. The lowest BCUT2D eigenvalue weighted by atomic mass is 9.97. The van der Waals surface area contributed by atoms with Gasteiger partial charge in [-0.15, -0.1) is 0 Å². The number of nitrogens with zero attached hydrogens (tertiary/aromatic N) is 4. The van der Waals surface area contributed by atoms with Crippen LogP contribution in [-0.4, -0.2) is 75.0 Å². The van der Waals surface area contributed by atoms with Gasteiger partial charge in [-0.2, -0.15) is 0 Å². The van der Waals surface area contributed by atoms with Crippen LogP contribution < -0.4 is 10.3 Å². The van der Waals surface area contributed by atoms with E-state index in [1.807, 2.05) is 12.1 Å². The second kappa shape index (κ2) is 11.6. The number of aromatic nitrogens is 2. The lowest BCUT2D eigenvalue weighted by Crippen LogP contribution is -2.48. The molecular weight excluding hydrogens is 564 g/mol. The fourth-order valence-electron chi connectivity index (χ4n) is 7.39. The number of carbonyl (C=O) groups excluding carboxylic acids is 2. The zero-order chi connectivity index (χ0) is 30.5. The predicted molar refractivity (Wildman–Crippen MR) is 161 cm³/mol. The van der Waals surface area contributed by atoms with Gasteiger partial charge >= 0.3 is 12.1 Å². The van der Waals surface area contributed by atoms with Crippen molar-refractivity contribution in [2.45, 2.75) is 84.0 Å². The first kappa shape index (κ1) is 28.9. The standard InChI is InChI=1S/C33H38N4O7/c1-3-22-23-15-21(44-33(41)36-13-9-20(10-14-36)35-11-5-4-6-12-35)7-8-27(23)34-29-25(22)17-37-28(29)16-24-26(31(37)39)18-42-32(40)30(24)43-19(2)38/h7-8,15-16,20,30,32,40H,3-6,9-14,17-18H2,1-2H3. The number of piperidine rings is 2. The average molecular weight is 603 g/mol. The minimum Gasteiger partial charge on any atom is -0.452 e. The second-order valence-electron chi connectivity index (χ2n) is 12.2. The molecule has 0 spiro atoms. The largest absolute Gasteiger partial charge is 0.452 e. The van der Waals surface area contributed by atoms with E-state index >= 15 is 0 Å². The van der Waals surface area contributed by atoms with Gasteiger partial charge in [-0.05, 0) is 75.0 Å². The Balaban J connectivity index is 1.15. The van der Waals surface area contributed by atoms with E-state index in [0.29, 0.717) is 60.4 Å². The topological polar surface area (TPSA) is 123 Å². The maximum Gasteiger partial charge on any atom is 0.415 e. The number of aliphatic hydroxyl groups is 1. The Hall–Kier alpha value is -3.80. The number of ether oxygens (including phenoxy) is 3. The maximum absolute atomic E-state index is 13.6. The molecule has 4 aliphatic rings. The van der Waals surface area contributed by atoms with Crippen LogP contribution in [0.4, 0.5) is 4.79 Å². The normalized spacial score (nSPS) is 21.9. The molecule has 4 aliphatic heterocycles. The number of aliphatic hydroxyl groups excluding tert-OH is 1. The molecular formula is C33H38N4O7. The molecule has 6 heterocycles. The number of esters is 1. The molecule has 2 fully saturated rings. The molecule has 11 nitrogen and oxygen atoms in total. The van der Waals surface area contributed by atoms with Crippen molar-refractivity contribution in [3.05, 3.63) is 56.9 Å². The van der Waals surface area contributed by atoms with Crippen molar-refractivity contribution in [3.63, 3.8) is 0 Å². The number of benzene rings is 1. The monoisotopic (exact) mass is 602 g/mol. The molecule has 0 aliphatic carbocycles. The number of pyridine rings is 2. The summed E-state index contributed by atoms with van der Waals surface area (Å²) in [6.07, 6.45) is 3.68. The van der Waals surface area contributed by atoms with Gasteiger partial charge < -0.3 is 33.7 Å². The highest BCUT2D eigenvalue weighted by Gasteiger charge is 2.37. The van der Waals surface area contributed by atoms with Crippen LogP contribution in [0.5, 0.6) is 5.75 Å². The third-order valence-electron chi connectivity index (χ3n) is 9.61. The van der Waals surface area contributed by atoms with Crippen molar-refractivity contribution in [3.8, 4) is 17.1 Å². The van der Waals surface area contributed by atoms with Gasteiger partial charge in [0.15, 0.2) is 12.4 Å².